The number of nitrogens with one attached hydrogen (secondary N) is 2. The molecule has 152 valence electrons. The molecule has 3 aromatic rings. The lowest BCUT2D eigenvalue weighted by Crippen LogP contribution is -2.47. The first-order valence-electron chi connectivity index (χ1n) is 9.18. The van der Waals surface area contributed by atoms with Crippen molar-refractivity contribution in [3.8, 4) is 0 Å². The highest BCUT2D eigenvalue weighted by Gasteiger charge is 2.28. The summed E-state index contributed by atoms with van der Waals surface area (Å²) in [6.45, 7) is 5.07. The summed E-state index contributed by atoms with van der Waals surface area (Å²) in [5.41, 5.74) is 0.614. The summed E-state index contributed by atoms with van der Waals surface area (Å²) < 4.78 is 33.0. The predicted molar refractivity (Wildman–Crippen MR) is 114 cm³/mol. The minimum atomic E-state index is -3.73. The summed E-state index contributed by atoms with van der Waals surface area (Å²) in [5, 5.41) is 4.61. The summed E-state index contributed by atoms with van der Waals surface area (Å²) in [6.07, 6.45) is -0.649. The molecule has 0 bridgehead atoms. The summed E-state index contributed by atoms with van der Waals surface area (Å²) in [7, 11) is -3.73. The number of carbonyl (C=O) groups is 1. The third kappa shape index (κ3) is 5.34. The highest BCUT2D eigenvalue weighted by Crippen LogP contribution is 2.23. The van der Waals surface area contributed by atoms with Crippen LogP contribution in [0.1, 0.15) is 19.4 Å². The van der Waals surface area contributed by atoms with Crippen LogP contribution in [0.2, 0.25) is 0 Å². The van der Waals surface area contributed by atoms with E-state index in [0.717, 1.165) is 16.3 Å². The number of sulfonamides is 1. The van der Waals surface area contributed by atoms with E-state index in [1.165, 1.54) is 0 Å². The quantitative estimate of drug-likeness (QED) is 0.626. The molecule has 0 aliphatic heterocycles. The van der Waals surface area contributed by atoms with Gasteiger partial charge in [-0.2, -0.15) is 0 Å². The van der Waals surface area contributed by atoms with Crippen molar-refractivity contribution in [1.82, 2.24) is 4.72 Å². The Morgan fingerprint density at radius 1 is 0.966 bits per heavy atom. The van der Waals surface area contributed by atoms with Gasteiger partial charge < -0.3 is 4.74 Å². The van der Waals surface area contributed by atoms with Gasteiger partial charge in [0, 0.05) is 5.39 Å². The van der Waals surface area contributed by atoms with E-state index < -0.39 is 21.7 Å². The van der Waals surface area contributed by atoms with Gasteiger partial charge in [0.15, 0.2) is 0 Å². The molecule has 0 unspecified atom stereocenters. The van der Waals surface area contributed by atoms with E-state index in [9.17, 15) is 13.2 Å². The molecule has 0 aromatic heterocycles. The molecule has 0 aliphatic carbocycles. The SMILES string of the molecule is Cc1ccc(S(=O)(=O)NC(C)(C)COC(=O)Nc2cccc3ccccc23)cc1. The Morgan fingerprint density at radius 3 is 2.34 bits per heavy atom. The first-order chi connectivity index (χ1) is 13.7. The lowest BCUT2D eigenvalue weighted by Gasteiger charge is -2.25. The van der Waals surface area contributed by atoms with Gasteiger partial charge in [0.05, 0.1) is 16.1 Å². The van der Waals surface area contributed by atoms with Crippen molar-refractivity contribution < 1.29 is 17.9 Å². The van der Waals surface area contributed by atoms with Crippen LogP contribution >= 0.6 is 0 Å². The summed E-state index contributed by atoms with van der Waals surface area (Å²) in [6, 6.07) is 19.8. The monoisotopic (exact) mass is 412 g/mol. The third-order valence-electron chi connectivity index (χ3n) is 4.33. The van der Waals surface area contributed by atoms with Crippen LogP contribution in [-0.4, -0.2) is 26.7 Å². The van der Waals surface area contributed by atoms with Crippen LogP contribution in [0.15, 0.2) is 71.6 Å². The molecule has 29 heavy (non-hydrogen) atoms. The smallest absolute Gasteiger partial charge is 0.411 e. The first-order valence-corrected chi connectivity index (χ1v) is 10.7. The van der Waals surface area contributed by atoms with Crippen molar-refractivity contribution in [2.24, 2.45) is 0 Å². The number of ether oxygens (including phenoxy) is 1. The van der Waals surface area contributed by atoms with Gasteiger partial charge in [-0.15, -0.1) is 0 Å². The van der Waals surface area contributed by atoms with E-state index >= 15 is 0 Å². The Hall–Kier alpha value is -2.90. The molecule has 3 rings (SSSR count). The van der Waals surface area contributed by atoms with Gasteiger partial charge in [0.1, 0.15) is 6.61 Å². The lowest BCUT2D eigenvalue weighted by atomic mass is 10.1. The van der Waals surface area contributed by atoms with Gasteiger partial charge in [-0.1, -0.05) is 54.1 Å². The number of fused-ring (bicyclic) bond motifs is 1. The summed E-state index contributed by atoms with van der Waals surface area (Å²) >= 11 is 0. The van der Waals surface area contributed by atoms with Crippen molar-refractivity contribution in [1.29, 1.82) is 0 Å². The number of rotatable bonds is 6. The fourth-order valence-electron chi connectivity index (χ4n) is 2.90. The molecule has 0 atom stereocenters. The highest BCUT2D eigenvalue weighted by atomic mass is 32.2. The average Bonchev–Trinajstić information content (AvgIpc) is 2.66. The van der Waals surface area contributed by atoms with Crippen LogP contribution in [0.5, 0.6) is 0 Å². The molecular formula is C22H24N2O4S. The number of benzene rings is 3. The normalized spacial score (nSPS) is 12.0. The number of amides is 1. The molecule has 0 fully saturated rings. The minimum Gasteiger partial charge on any atom is -0.447 e. The zero-order valence-corrected chi connectivity index (χ0v) is 17.4. The lowest BCUT2D eigenvalue weighted by molar-refractivity contribution is 0.134. The van der Waals surface area contributed by atoms with E-state index in [2.05, 4.69) is 10.0 Å². The Morgan fingerprint density at radius 2 is 1.62 bits per heavy atom. The van der Waals surface area contributed by atoms with E-state index in [1.54, 1.807) is 44.2 Å². The largest absolute Gasteiger partial charge is 0.447 e. The van der Waals surface area contributed by atoms with Gasteiger partial charge in [-0.3, -0.25) is 5.32 Å². The molecule has 7 heteroatoms. The molecule has 1 amide bonds. The molecule has 3 aromatic carbocycles. The fraction of sp³-hybridized carbons (Fsp3) is 0.227. The molecule has 0 heterocycles. The fourth-order valence-corrected chi connectivity index (χ4v) is 4.29. The second-order valence-electron chi connectivity index (χ2n) is 7.53. The van der Waals surface area contributed by atoms with Gasteiger partial charge in [-0.05, 0) is 44.4 Å². The number of hydrogen-bond donors (Lipinski definition) is 2. The molecule has 0 aliphatic rings. The molecule has 0 saturated heterocycles. The van der Waals surface area contributed by atoms with Gasteiger partial charge in [0.25, 0.3) is 0 Å². The van der Waals surface area contributed by atoms with Crippen LogP contribution in [0.25, 0.3) is 10.8 Å². The van der Waals surface area contributed by atoms with Crippen molar-refractivity contribution in [2.45, 2.75) is 31.2 Å². The predicted octanol–water partition coefficient (Wildman–Crippen LogP) is 4.45. The molecule has 0 saturated carbocycles. The van der Waals surface area contributed by atoms with Crippen LogP contribution < -0.4 is 10.0 Å². The van der Waals surface area contributed by atoms with Crippen LogP contribution in [0.4, 0.5) is 10.5 Å². The van der Waals surface area contributed by atoms with Crippen LogP contribution in [0, 0.1) is 6.92 Å². The van der Waals surface area contributed by atoms with Crippen molar-refractivity contribution in [3.63, 3.8) is 0 Å². The number of anilines is 1. The maximum absolute atomic E-state index is 12.6. The van der Waals surface area contributed by atoms with Gasteiger partial charge in [0.2, 0.25) is 10.0 Å². The van der Waals surface area contributed by atoms with Crippen molar-refractivity contribution in [2.75, 3.05) is 11.9 Å². The second kappa shape index (κ2) is 8.23. The zero-order chi connectivity index (χ0) is 21.1. The molecular weight excluding hydrogens is 388 g/mol. The maximum Gasteiger partial charge on any atom is 0.411 e. The highest BCUT2D eigenvalue weighted by molar-refractivity contribution is 7.89. The number of carbonyl (C=O) groups excluding carboxylic acids is 1. The standard InChI is InChI=1S/C22H24N2O4S/c1-16-11-13-18(14-12-16)29(26,27)24-22(2,3)15-28-21(25)23-20-10-6-8-17-7-4-5-9-19(17)20/h4-14,24H,15H2,1-3H3,(H,23,25). The van der Waals surface area contributed by atoms with E-state index in [4.69, 9.17) is 4.74 Å². The number of aryl methyl sites for hydroxylation is 1. The maximum atomic E-state index is 12.6. The van der Waals surface area contributed by atoms with Crippen LogP contribution in [0.3, 0.4) is 0 Å². The van der Waals surface area contributed by atoms with E-state index in [-0.39, 0.29) is 11.5 Å². The van der Waals surface area contributed by atoms with Gasteiger partial charge in [-0.25, -0.2) is 17.9 Å². The minimum absolute atomic E-state index is 0.130. The molecule has 0 radical (unpaired) electrons. The zero-order valence-electron chi connectivity index (χ0n) is 16.6. The van der Waals surface area contributed by atoms with E-state index in [0.29, 0.717) is 5.69 Å². The molecule has 0 spiro atoms. The molecule has 6 nitrogen and oxygen atoms in total. The van der Waals surface area contributed by atoms with Crippen LogP contribution in [-0.2, 0) is 14.8 Å². The van der Waals surface area contributed by atoms with Gasteiger partial charge >= 0.3 is 6.09 Å². The Balaban J connectivity index is 1.63. The van der Waals surface area contributed by atoms with E-state index in [1.807, 2.05) is 43.3 Å². The Labute approximate surface area is 170 Å². The Kier molecular flexibility index (Phi) is 5.91. The Bertz CT molecular complexity index is 1120. The topological polar surface area (TPSA) is 84.5 Å². The summed E-state index contributed by atoms with van der Waals surface area (Å²) in [4.78, 5) is 12.4. The molecule has 2 N–H and O–H groups in total. The van der Waals surface area contributed by atoms with Crippen molar-refractivity contribution >= 4 is 32.6 Å². The first kappa shape index (κ1) is 20.8. The average molecular weight is 413 g/mol. The number of hydrogen-bond acceptors (Lipinski definition) is 4. The summed E-state index contributed by atoms with van der Waals surface area (Å²) in [5.74, 6) is 0. The second-order valence-corrected chi connectivity index (χ2v) is 9.21. The van der Waals surface area contributed by atoms with Crippen molar-refractivity contribution in [3.05, 3.63) is 72.3 Å². The third-order valence-corrected chi connectivity index (χ3v) is 6.05.